The second kappa shape index (κ2) is 9.54. The van der Waals surface area contributed by atoms with Crippen molar-refractivity contribution >= 4 is 34.2 Å². The summed E-state index contributed by atoms with van der Waals surface area (Å²) in [6.45, 7) is 2.40. The molecule has 7 heteroatoms. The van der Waals surface area contributed by atoms with Gasteiger partial charge in [-0.1, -0.05) is 26.2 Å². The number of carbonyl (C=O) groups excluding carboxylic acids is 3. The maximum Gasteiger partial charge on any atom is 0.341 e. The van der Waals surface area contributed by atoms with Gasteiger partial charge in [0.15, 0.2) is 0 Å². The molecule has 0 unspecified atom stereocenters. The summed E-state index contributed by atoms with van der Waals surface area (Å²) in [6.07, 6.45) is 8.15. The molecule has 2 atom stereocenters. The van der Waals surface area contributed by atoms with Crippen molar-refractivity contribution < 1.29 is 24.2 Å². The first kappa shape index (κ1) is 20.8. The highest BCUT2D eigenvalue weighted by Crippen LogP contribution is 2.39. The van der Waals surface area contributed by atoms with Crippen LogP contribution in [0.25, 0.3) is 0 Å². The molecule has 6 nitrogen and oxygen atoms in total. The molecule has 1 fully saturated rings. The number of carboxylic acids is 1. The summed E-state index contributed by atoms with van der Waals surface area (Å²) in [6, 6.07) is 0. The van der Waals surface area contributed by atoms with E-state index in [0.29, 0.717) is 30.0 Å². The van der Waals surface area contributed by atoms with Crippen molar-refractivity contribution in [2.75, 3.05) is 11.9 Å². The molecular weight excluding hydrogens is 378 g/mol. The summed E-state index contributed by atoms with van der Waals surface area (Å²) >= 11 is 1.44. The minimum absolute atomic E-state index is 0.324. The standard InChI is InChI=1S/C21H29NO5S/c1-2-3-12-27-21(26)17-15-10-6-7-11-16(15)28-19(17)22-18(23)13-8-4-5-9-14(13)20(24)25/h13-14H,2-12H2,1H3,(H,22,23)(H,24,25)/p-1/t13-,14+/m1/s1. The number of fused-ring (bicyclic) bond motifs is 1. The Morgan fingerprint density at radius 3 is 2.54 bits per heavy atom. The van der Waals surface area contributed by atoms with E-state index < -0.39 is 17.8 Å². The lowest BCUT2D eigenvalue weighted by Crippen LogP contribution is -2.42. The van der Waals surface area contributed by atoms with Gasteiger partial charge in [0.1, 0.15) is 5.00 Å². The Balaban J connectivity index is 1.82. The van der Waals surface area contributed by atoms with Gasteiger partial charge in [-0.15, -0.1) is 11.3 Å². The molecule has 0 bridgehead atoms. The number of rotatable bonds is 7. The van der Waals surface area contributed by atoms with Crippen molar-refractivity contribution in [2.24, 2.45) is 11.8 Å². The first-order valence-corrected chi connectivity index (χ1v) is 11.2. The van der Waals surface area contributed by atoms with Crippen molar-refractivity contribution in [3.05, 3.63) is 16.0 Å². The number of thiophene rings is 1. The Morgan fingerprint density at radius 2 is 1.82 bits per heavy atom. The molecule has 0 spiro atoms. The van der Waals surface area contributed by atoms with Gasteiger partial charge in [-0.05, 0) is 50.5 Å². The highest BCUT2D eigenvalue weighted by molar-refractivity contribution is 7.17. The topological polar surface area (TPSA) is 95.5 Å². The molecule has 154 valence electrons. The minimum atomic E-state index is -1.16. The van der Waals surface area contributed by atoms with Gasteiger partial charge in [0.25, 0.3) is 0 Å². The van der Waals surface area contributed by atoms with E-state index >= 15 is 0 Å². The van der Waals surface area contributed by atoms with Crippen LogP contribution in [0.1, 0.15) is 79.1 Å². The summed E-state index contributed by atoms with van der Waals surface area (Å²) in [5.41, 5.74) is 1.47. The molecule has 1 saturated carbocycles. The van der Waals surface area contributed by atoms with Crippen molar-refractivity contribution in [3.8, 4) is 0 Å². The molecule has 0 saturated heterocycles. The zero-order valence-corrected chi connectivity index (χ0v) is 17.2. The summed E-state index contributed by atoms with van der Waals surface area (Å²) < 4.78 is 5.43. The number of aliphatic carboxylic acids is 1. The number of esters is 1. The Bertz CT molecular complexity index is 741. The molecule has 1 heterocycles. The minimum Gasteiger partial charge on any atom is -0.550 e. The van der Waals surface area contributed by atoms with Gasteiger partial charge < -0.3 is 20.0 Å². The molecule has 1 aromatic rings. The van der Waals surface area contributed by atoms with Crippen LogP contribution in [0.15, 0.2) is 0 Å². The molecule has 3 rings (SSSR count). The maximum atomic E-state index is 12.9. The smallest absolute Gasteiger partial charge is 0.341 e. The van der Waals surface area contributed by atoms with Gasteiger partial charge in [0.2, 0.25) is 5.91 Å². The summed E-state index contributed by atoms with van der Waals surface area (Å²) in [4.78, 5) is 38.2. The van der Waals surface area contributed by atoms with Gasteiger partial charge >= 0.3 is 5.97 Å². The Kier molecular flexibility index (Phi) is 7.10. The zero-order chi connectivity index (χ0) is 20.1. The molecule has 1 aromatic heterocycles. The van der Waals surface area contributed by atoms with Crippen LogP contribution in [0.5, 0.6) is 0 Å². The predicted octanol–water partition coefficient (Wildman–Crippen LogP) is 3.08. The van der Waals surface area contributed by atoms with Gasteiger partial charge in [-0.2, -0.15) is 0 Å². The van der Waals surface area contributed by atoms with E-state index in [4.69, 9.17) is 4.74 Å². The lowest BCUT2D eigenvalue weighted by molar-refractivity contribution is -0.313. The third kappa shape index (κ3) is 4.57. The van der Waals surface area contributed by atoms with Crippen LogP contribution < -0.4 is 10.4 Å². The van der Waals surface area contributed by atoms with E-state index in [1.54, 1.807) is 0 Å². The zero-order valence-electron chi connectivity index (χ0n) is 16.4. The fourth-order valence-corrected chi connectivity index (χ4v) is 5.46. The van der Waals surface area contributed by atoms with Crippen LogP contribution in [0, 0.1) is 11.8 Å². The summed E-state index contributed by atoms with van der Waals surface area (Å²) in [5.74, 6) is -3.24. The lowest BCUT2D eigenvalue weighted by atomic mass is 9.78. The first-order chi connectivity index (χ1) is 13.5. The average molecular weight is 407 g/mol. The van der Waals surface area contributed by atoms with Crippen molar-refractivity contribution in [1.82, 2.24) is 0 Å². The molecule has 1 amide bonds. The van der Waals surface area contributed by atoms with Gasteiger partial charge in [0, 0.05) is 22.7 Å². The van der Waals surface area contributed by atoms with E-state index in [2.05, 4.69) is 5.32 Å². The van der Waals surface area contributed by atoms with E-state index in [0.717, 1.165) is 61.8 Å². The number of anilines is 1. The van der Waals surface area contributed by atoms with Gasteiger partial charge in [-0.3, -0.25) is 4.79 Å². The lowest BCUT2D eigenvalue weighted by Gasteiger charge is -2.31. The number of unbranched alkanes of at least 4 members (excludes halogenated alkanes) is 1. The SMILES string of the molecule is CCCCOC(=O)c1c(NC(=O)[C@@H]2CCCC[C@@H]2C(=O)[O-])sc2c1CCCC2. The quantitative estimate of drug-likeness (QED) is 0.555. The molecule has 1 N–H and O–H groups in total. The van der Waals surface area contributed by atoms with Crippen LogP contribution in [-0.4, -0.2) is 24.5 Å². The predicted molar refractivity (Wildman–Crippen MR) is 105 cm³/mol. The summed E-state index contributed by atoms with van der Waals surface area (Å²) in [7, 11) is 0. The maximum absolute atomic E-state index is 12.9. The fourth-order valence-electron chi connectivity index (χ4n) is 4.18. The fraction of sp³-hybridized carbons (Fsp3) is 0.667. The Hall–Kier alpha value is -1.89. The van der Waals surface area contributed by atoms with E-state index in [1.165, 1.54) is 11.3 Å². The second-order valence-corrected chi connectivity index (χ2v) is 8.82. The van der Waals surface area contributed by atoms with Crippen molar-refractivity contribution in [2.45, 2.75) is 71.1 Å². The molecule has 0 aliphatic heterocycles. The number of nitrogens with one attached hydrogen (secondary N) is 1. The first-order valence-electron chi connectivity index (χ1n) is 10.4. The number of amides is 1. The van der Waals surface area contributed by atoms with Crippen LogP contribution in [0.2, 0.25) is 0 Å². The normalized spacial score (nSPS) is 21.6. The number of carboxylic acid groups (broad SMARTS) is 1. The van der Waals surface area contributed by atoms with Gasteiger partial charge in [0.05, 0.1) is 12.2 Å². The second-order valence-electron chi connectivity index (χ2n) is 7.71. The van der Waals surface area contributed by atoms with Crippen molar-refractivity contribution in [1.29, 1.82) is 0 Å². The molecule has 2 aliphatic carbocycles. The van der Waals surface area contributed by atoms with Gasteiger partial charge in [-0.25, -0.2) is 4.79 Å². The largest absolute Gasteiger partial charge is 0.550 e. The monoisotopic (exact) mass is 406 g/mol. The van der Waals surface area contributed by atoms with Crippen LogP contribution in [0.3, 0.4) is 0 Å². The average Bonchev–Trinajstić information content (AvgIpc) is 3.05. The molecular formula is C21H28NO5S-. The number of carbonyl (C=O) groups is 3. The Morgan fingerprint density at radius 1 is 1.11 bits per heavy atom. The third-order valence-corrected chi connectivity index (χ3v) is 6.96. The molecule has 2 aliphatic rings. The van der Waals surface area contributed by atoms with Crippen LogP contribution in [0.4, 0.5) is 5.00 Å². The number of ether oxygens (including phenoxy) is 1. The highest BCUT2D eigenvalue weighted by atomic mass is 32.1. The number of hydrogen-bond donors (Lipinski definition) is 1. The molecule has 0 aromatic carbocycles. The van der Waals surface area contributed by atoms with Crippen molar-refractivity contribution in [3.63, 3.8) is 0 Å². The van der Waals surface area contributed by atoms with Crippen LogP contribution >= 0.6 is 11.3 Å². The Labute approximate surface area is 169 Å². The molecule has 28 heavy (non-hydrogen) atoms. The van der Waals surface area contributed by atoms with Crippen LogP contribution in [-0.2, 0) is 27.2 Å². The van der Waals surface area contributed by atoms with E-state index in [1.807, 2.05) is 6.92 Å². The number of aryl methyl sites for hydroxylation is 1. The molecule has 0 radical (unpaired) electrons. The number of hydrogen-bond acceptors (Lipinski definition) is 6. The highest BCUT2D eigenvalue weighted by Gasteiger charge is 2.34. The van der Waals surface area contributed by atoms with E-state index in [-0.39, 0.29) is 11.9 Å². The summed E-state index contributed by atoms with van der Waals surface area (Å²) in [5, 5.41) is 14.8. The van der Waals surface area contributed by atoms with E-state index in [9.17, 15) is 19.5 Å². The third-order valence-electron chi connectivity index (χ3n) is 5.75.